The average Bonchev–Trinajstić information content (AvgIpc) is 2.54. The molecular formula is C19H26ClF3N2O2. The van der Waals surface area contributed by atoms with Gasteiger partial charge in [-0.05, 0) is 55.2 Å². The molecule has 3 rings (SSSR count). The van der Waals surface area contributed by atoms with Crippen molar-refractivity contribution in [3.63, 3.8) is 0 Å². The average molecular weight is 407 g/mol. The van der Waals surface area contributed by atoms with Crippen molar-refractivity contribution in [1.29, 1.82) is 0 Å². The number of ether oxygens (including phenoxy) is 1. The minimum atomic E-state index is -4.70. The monoisotopic (exact) mass is 406 g/mol. The summed E-state index contributed by atoms with van der Waals surface area (Å²) >= 11 is 0. The van der Waals surface area contributed by atoms with Crippen molar-refractivity contribution in [2.45, 2.75) is 51.1 Å². The van der Waals surface area contributed by atoms with E-state index in [1.165, 1.54) is 18.6 Å². The molecule has 0 saturated heterocycles. The number of carbonyl (C=O) groups is 1. The normalized spacial score (nSPS) is 27.4. The highest BCUT2D eigenvalue weighted by atomic mass is 35.5. The molecule has 2 aliphatic carbocycles. The Morgan fingerprint density at radius 2 is 1.74 bits per heavy atom. The zero-order chi connectivity index (χ0) is 18.9. The largest absolute Gasteiger partial charge is 0.573 e. The number of amides is 1. The molecule has 0 radical (unpaired) electrons. The van der Waals surface area contributed by atoms with Gasteiger partial charge in [0.05, 0.1) is 0 Å². The first kappa shape index (κ1) is 21.8. The van der Waals surface area contributed by atoms with Crippen LogP contribution in [0.2, 0.25) is 0 Å². The van der Waals surface area contributed by atoms with E-state index in [2.05, 4.69) is 4.74 Å². The van der Waals surface area contributed by atoms with Gasteiger partial charge in [-0.2, -0.15) is 0 Å². The van der Waals surface area contributed by atoms with Gasteiger partial charge in [-0.1, -0.05) is 18.6 Å². The third kappa shape index (κ3) is 5.51. The minimum absolute atomic E-state index is 0. The van der Waals surface area contributed by atoms with Crippen LogP contribution in [0.4, 0.5) is 13.2 Å². The molecule has 2 unspecified atom stereocenters. The van der Waals surface area contributed by atoms with Crippen molar-refractivity contribution in [2.75, 3.05) is 7.05 Å². The molecule has 2 fully saturated rings. The molecule has 2 saturated carbocycles. The Morgan fingerprint density at radius 1 is 1.19 bits per heavy atom. The summed E-state index contributed by atoms with van der Waals surface area (Å²) < 4.78 is 40.5. The van der Waals surface area contributed by atoms with Crippen LogP contribution >= 0.6 is 12.4 Å². The van der Waals surface area contributed by atoms with E-state index in [1.54, 1.807) is 24.1 Å². The Morgan fingerprint density at radius 3 is 2.26 bits per heavy atom. The van der Waals surface area contributed by atoms with Crippen LogP contribution in [-0.4, -0.2) is 30.3 Å². The first-order chi connectivity index (χ1) is 12.2. The number of benzene rings is 1. The number of alkyl halides is 3. The molecular weight excluding hydrogens is 381 g/mol. The number of nitrogens with zero attached hydrogens (tertiary/aromatic N) is 1. The van der Waals surface area contributed by atoms with Gasteiger partial charge in [-0.15, -0.1) is 25.6 Å². The fraction of sp³-hybridized carbons (Fsp3) is 0.632. The fourth-order valence-corrected chi connectivity index (χ4v) is 4.45. The van der Waals surface area contributed by atoms with E-state index in [1.807, 2.05) is 0 Å². The molecule has 152 valence electrons. The molecule has 8 heteroatoms. The van der Waals surface area contributed by atoms with Crippen LogP contribution < -0.4 is 10.5 Å². The van der Waals surface area contributed by atoms with Crippen molar-refractivity contribution in [3.8, 4) is 5.75 Å². The second-order valence-corrected chi connectivity index (χ2v) is 7.58. The van der Waals surface area contributed by atoms with Crippen molar-refractivity contribution in [1.82, 2.24) is 4.90 Å². The van der Waals surface area contributed by atoms with Gasteiger partial charge in [0.25, 0.3) is 0 Å². The number of nitrogens with two attached hydrogens (primary N) is 1. The number of halogens is 4. The molecule has 2 aliphatic rings. The van der Waals surface area contributed by atoms with Crippen molar-refractivity contribution in [2.24, 2.45) is 23.5 Å². The van der Waals surface area contributed by atoms with Crippen molar-refractivity contribution >= 4 is 18.3 Å². The Balaban J connectivity index is 0.00000261. The first-order valence-electron chi connectivity index (χ1n) is 9.08. The van der Waals surface area contributed by atoms with Gasteiger partial charge in [-0.25, -0.2) is 0 Å². The standard InChI is InChI=1S/C19H25F3N2O2.ClH/c1-24(11-12-5-7-16(8-6-12)26-19(20,21)22)18(25)15-9-13-3-2-4-14(10-15)17(13)23;/h5-8,13-15,17H,2-4,9-11,23H2,1H3;1H. The predicted molar refractivity (Wildman–Crippen MR) is 98.4 cm³/mol. The van der Waals surface area contributed by atoms with E-state index in [9.17, 15) is 18.0 Å². The van der Waals surface area contributed by atoms with E-state index in [0.29, 0.717) is 18.4 Å². The van der Waals surface area contributed by atoms with Gasteiger partial charge in [-0.3, -0.25) is 4.79 Å². The van der Waals surface area contributed by atoms with Crippen LogP contribution in [0, 0.1) is 17.8 Å². The summed E-state index contributed by atoms with van der Waals surface area (Å²) in [6, 6.07) is 5.86. The number of fused-ring (bicyclic) bond motifs is 2. The summed E-state index contributed by atoms with van der Waals surface area (Å²) in [7, 11) is 1.74. The highest BCUT2D eigenvalue weighted by Crippen LogP contribution is 2.42. The second kappa shape index (κ2) is 8.69. The van der Waals surface area contributed by atoms with Crippen molar-refractivity contribution in [3.05, 3.63) is 29.8 Å². The topological polar surface area (TPSA) is 55.6 Å². The highest BCUT2D eigenvalue weighted by Gasteiger charge is 2.41. The SMILES string of the molecule is CN(Cc1ccc(OC(F)(F)F)cc1)C(=O)C1CC2CCCC(C1)C2N.Cl. The van der Waals surface area contributed by atoms with E-state index in [0.717, 1.165) is 31.2 Å². The van der Waals surface area contributed by atoms with Gasteiger partial charge in [0, 0.05) is 25.6 Å². The molecule has 1 amide bonds. The molecule has 2 atom stereocenters. The van der Waals surface area contributed by atoms with Crippen LogP contribution in [0.3, 0.4) is 0 Å². The lowest BCUT2D eigenvalue weighted by molar-refractivity contribution is -0.274. The molecule has 0 aliphatic heterocycles. The number of rotatable bonds is 4. The summed E-state index contributed by atoms with van der Waals surface area (Å²) in [5.74, 6) is 0.712. The molecule has 0 spiro atoms. The third-order valence-corrected chi connectivity index (χ3v) is 5.72. The van der Waals surface area contributed by atoms with E-state index in [4.69, 9.17) is 5.73 Å². The van der Waals surface area contributed by atoms with Gasteiger partial charge in [0.2, 0.25) is 5.91 Å². The van der Waals surface area contributed by atoms with Crippen LogP contribution in [0.5, 0.6) is 5.75 Å². The van der Waals surface area contributed by atoms with Crippen LogP contribution in [0.25, 0.3) is 0 Å². The lowest BCUT2D eigenvalue weighted by Crippen LogP contribution is -2.49. The molecule has 2 N–H and O–H groups in total. The first-order valence-corrected chi connectivity index (χ1v) is 9.08. The predicted octanol–water partition coefficient (Wildman–Crippen LogP) is 4.12. The number of hydrogen-bond acceptors (Lipinski definition) is 3. The Kier molecular flexibility index (Phi) is 7.03. The molecule has 0 heterocycles. The highest BCUT2D eigenvalue weighted by molar-refractivity contribution is 5.85. The zero-order valence-corrected chi connectivity index (χ0v) is 16.1. The van der Waals surface area contributed by atoms with Crippen LogP contribution in [0.15, 0.2) is 24.3 Å². The molecule has 27 heavy (non-hydrogen) atoms. The Bertz CT molecular complexity index is 625. The van der Waals surface area contributed by atoms with Gasteiger partial charge in [0.1, 0.15) is 5.75 Å². The lowest BCUT2D eigenvalue weighted by Gasteiger charge is -2.44. The van der Waals surface area contributed by atoms with E-state index in [-0.39, 0.29) is 36.0 Å². The maximum atomic E-state index is 12.8. The molecule has 1 aromatic rings. The van der Waals surface area contributed by atoms with E-state index >= 15 is 0 Å². The van der Waals surface area contributed by atoms with Crippen LogP contribution in [-0.2, 0) is 11.3 Å². The quantitative estimate of drug-likeness (QED) is 0.818. The number of carbonyl (C=O) groups excluding carboxylic acids is 1. The van der Waals surface area contributed by atoms with E-state index < -0.39 is 6.36 Å². The lowest BCUT2D eigenvalue weighted by atomic mass is 9.65. The summed E-state index contributed by atoms with van der Waals surface area (Å²) in [6.45, 7) is 0.364. The third-order valence-electron chi connectivity index (χ3n) is 5.72. The van der Waals surface area contributed by atoms with Gasteiger partial charge in [0.15, 0.2) is 0 Å². The Hall–Kier alpha value is -1.47. The summed E-state index contributed by atoms with van der Waals surface area (Å²) in [5.41, 5.74) is 7.05. The number of hydrogen-bond donors (Lipinski definition) is 1. The zero-order valence-electron chi connectivity index (χ0n) is 15.2. The smallest absolute Gasteiger partial charge is 0.406 e. The maximum absolute atomic E-state index is 12.8. The minimum Gasteiger partial charge on any atom is -0.406 e. The molecule has 1 aromatic carbocycles. The molecule has 4 nitrogen and oxygen atoms in total. The summed E-state index contributed by atoms with van der Waals surface area (Å²) in [5, 5.41) is 0. The second-order valence-electron chi connectivity index (χ2n) is 7.58. The van der Waals surface area contributed by atoms with Crippen molar-refractivity contribution < 1.29 is 22.7 Å². The van der Waals surface area contributed by atoms with Gasteiger partial charge >= 0.3 is 6.36 Å². The van der Waals surface area contributed by atoms with Gasteiger partial charge < -0.3 is 15.4 Å². The maximum Gasteiger partial charge on any atom is 0.573 e. The fourth-order valence-electron chi connectivity index (χ4n) is 4.45. The molecule has 0 aromatic heterocycles. The van der Waals surface area contributed by atoms with Crippen LogP contribution in [0.1, 0.15) is 37.7 Å². The molecule has 2 bridgehead atoms. The summed E-state index contributed by atoms with van der Waals surface area (Å²) in [4.78, 5) is 14.5. The summed E-state index contributed by atoms with van der Waals surface area (Å²) in [6.07, 6.45) is 0.399. The Labute approximate surface area is 163 Å².